The third-order valence-corrected chi connectivity index (χ3v) is 3.46. The van der Waals surface area contributed by atoms with Crippen LogP contribution < -0.4 is 5.32 Å². The van der Waals surface area contributed by atoms with Crippen molar-refractivity contribution in [1.82, 2.24) is 5.32 Å². The third kappa shape index (κ3) is 7.26. The number of hydrogen-bond donors (Lipinski definition) is 1. The number of nitrogens with one attached hydrogen (secondary N) is 1. The van der Waals surface area contributed by atoms with Crippen LogP contribution in [0, 0.1) is 0 Å². The Kier molecular flexibility index (Phi) is 8.54. The fourth-order valence-corrected chi connectivity index (χ4v) is 1.88. The molecule has 0 fully saturated rings. The molecule has 0 aromatic heterocycles. The molecule has 0 radical (unpaired) electrons. The average molecular weight is 335 g/mol. The van der Waals surface area contributed by atoms with Crippen molar-refractivity contribution in [2.75, 3.05) is 6.61 Å². The lowest BCUT2D eigenvalue weighted by molar-refractivity contribution is -0.155. The lowest BCUT2D eigenvalue weighted by Gasteiger charge is -2.19. The zero-order valence-electron chi connectivity index (χ0n) is 14.4. The molecule has 1 amide bonds. The molecule has 0 aliphatic carbocycles. The maximum atomic E-state index is 12.3. The minimum Gasteiger partial charge on any atom is -0.453 e. The van der Waals surface area contributed by atoms with Crippen molar-refractivity contribution in [3.05, 3.63) is 35.9 Å². The van der Waals surface area contributed by atoms with Gasteiger partial charge < -0.3 is 14.8 Å². The van der Waals surface area contributed by atoms with E-state index in [1.165, 1.54) is 13.8 Å². The molecule has 6 heteroatoms. The number of benzene rings is 1. The summed E-state index contributed by atoms with van der Waals surface area (Å²) >= 11 is 0. The summed E-state index contributed by atoms with van der Waals surface area (Å²) in [6.07, 6.45) is 0.389. The number of amides is 1. The Hall–Kier alpha value is -2.37. The number of carbonyl (C=O) groups is 3. The maximum Gasteiger partial charge on any atom is 0.407 e. The molecule has 0 heterocycles. The van der Waals surface area contributed by atoms with E-state index in [0.29, 0.717) is 6.61 Å². The first-order chi connectivity index (χ1) is 11.4. The molecule has 2 atom stereocenters. The van der Waals surface area contributed by atoms with Crippen LogP contribution >= 0.6 is 0 Å². The van der Waals surface area contributed by atoms with Crippen LogP contribution in [0.4, 0.5) is 4.79 Å². The molecule has 0 aliphatic rings. The molecule has 0 bridgehead atoms. The highest BCUT2D eigenvalue weighted by Gasteiger charge is 2.26. The van der Waals surface area contributed by atoms with E-state index in [1.807, 2.05) is 37.3 Å². The number of carbonyl (C=O) groups excluding carboxylic acids is 3. The van der Waals surface area contributed by atoms with Gasteiger partial charge in [0.2, 0.25) is 0 Å². The smallest absolute Gasteiger partial charge is 0.407 e. The van der Waals surface area contributed by atoms with E-state index in [-0.39, 0.29) is 12.2 Å². The minimum absolute atomic E-state index is 0.257. The van der Waals surface area contributed by atoms with Crippen molar-refractivity contribution >= 4 is 17.8 Å². The molecule has 132 valence electrons. The van der Waals surface area contributed by atoms with Gasteiger partial charge in [0.25, 0.3) is 0 Å². The summed E-state index contributed by atoms with van der Waals surface area (Å²) in [5.41, 5.74) is 0.865. The van der Waals surface area contributed by atoms with E-state index in [9.17, 15) is 14.4 Å². The number of rotatable bonds is 9. The Balaban J connectivity index is 2.72. The number of ketones is 1. The predicted octanol–water partition coefficient (Wildman–Crippen LogP) is 2.64. The molecule has 2 unspecified atom stereocenters. The number of unbranched alkanes of at least 4 members (excludes halogenated alkanes) is 1. The van der Waals surface area contributed by atoms with Gasteiger partial charge in [0.15, 0.2) is 11.9 Å². The van der Waals surface area contributed by atoms with Gasteiger partial charge in [0.05, 0.1) is 6.61 Å². The minimum atomic E-state index is -0.914. The molecule has 0 aliphatic heterocycles. The van der Waals surface area contributed by atoms with Gasteiger partial charge in [-0.05, 0) is 25.8 Å². The second-order valence-corrected chi connectivity index (χ2v) is 5.57. The van der Waals surface area contributed by atoms with E-state index >= 15 is 0 Å². The first-order valence-corrected chi connectivity index (χ1v) is 8.12. The standard InChI is InChI=1S/C18H25NO5/c1-4-5-11-23-18(22)19-16(12-15-9-7-6-8-10-15)17(21)24-14(3)13(2)20/h6-10,14,16H,4-5,11-12H2,1-3H3,(H,19,22). The third-order valence-electron chi connectivity index (χ3n) is 3.46. The molecular formula is C18H25NO5. The Labute approximate surface area is 142 Å². The van der Waals surface area contributed by atoms with Crippen LogP contribution in [0.15, 0.2) is 30.3 Å². The molecule has 1 rings (SSSR count). The fourth-order valence-electron chi connectivity index (χ4n) is 1.88. The first kappa shape index (κ1) is 19.7. The summed E-state index contributed by atoms with van der Waals surface area (Å²) < 4.78 is 10.1. The van der Waals surface area contributed by atoms with Crippen LogP contribution in [0.5, 0.6) is 0 Å². The lowest BCUT2D eigenvalue weighted by atomic mass is 10.1. The van der Waals surface area contributed by atoms with Crippen LogP contribution in [0.2, 0.25) is 0 Å². The molecule has 1 N–H and O–H groups in total. The number of alkyl carbamates (subject to hydrolysis) is 1. The van der Waals surface area contributed by atoms with Crippen molar-refractivity contribution in [3.8, 4) is 0 Å². The normalized spacial score (nSPS) is 12.8. The molecule has 24 heavy (non-hydrogen) atoms. The van der Waals surface area contributed by atoms with Crippen LogP contribution in [0.3, 0.4) is 0 Å². The van der Waals surface area contributed by atoms with Gasteiger partial charge in [-0.15, -0.1) is 0 Å². The quantitative estimate of drug-likeness (QED) is 0.554. The molecular weight excluding hydrogens is 310 g/mol. The Bertz CT molecular complexity index is 544. The first-order valence-electron chi connectivity index (χ1n) is 8.12. The van der Waals surface area contributed by atoms with Gasteiger partial charge >= 0.3 is 12.1 Å². The summed E-state index contributed by atoms with van der Waals surface area (Å²) in [5, 5.41) is 2.52. The number of Topliss-reactive ketones (excluding diaryl/α,β-unsaturated/α-hetero) is 1. The van der Waals surface area contributed by atoms with Crippen LogP contribution in [0.1, 0.15) is 39.2 Å². The highest BCUT2D eigenvalue weighted by atomic mass is 16.6. The lowest BCUT2D eigenvalue weighted by Crippen LogP contribution is -2.45. The Morgan fingerprint density at radius 2 is 1.83 bits per heavy atom. The van der Waals surface area contributed by atoms with E-state index in [4.69, 9.17) is 9.47 Å². The summed E-state index contributed by atoms with van der Waals surface area (Å²) in [5.74, 6) is -0.915. The highest BCUT2D eigenvalue weighted by Crippen LogP contribution is 2.07. The van der Waals surface area contributed by atoms with Crippen molar-refractivity contribution in [2.24, 2.45) is 0 Å². The van der Waals surface area contributed by atoms with Crippen LogP contribution in [-0.4, -0.2) is 36.6 Å². The Morgan fingerprint density at radius 3 is 2.42 bits per heavy atom. The molecule has 0 spiro atoms. The summed E-state index contributed by atoms with van der Waals surface area (Å²) in [4.78, 5) is 35.4. The highest BCUT2D eigenvalue weighted by molar-refractivity contribution is 5.86. The van der Waals surface area contributed by atoms with Gasteiger partial charge in [-0.3, -0.25) is 4.79 Å². The van der Waals surface area contributed by atoms with Gasteiger partial charge in [0.1, 0.15) is 6.04 Å². The average Bonchev–Trinajstić information content (AvgIpc) is 2.55. The number of esters is 1. The zero-order valence-corrected chi connectivity index (χ0v) is 14.4. The number of hydrogen-bond acceptors (Lipinski definition) is 5. The van der Waals surface area contributed by atoms with Crippen molar-refractivity contribution < 1.29 is 23.9 Å². The summed E-state index contributed by atoms with van der Waals surface area (Å²) in [7, 11) is 0. The number of ether oxygens (including phenoxy) is 2. The monoisotopic (exact) mass is 335 g/mol. The summed E-state index contributed by atoms with van der Waals surface area (Å²) in [6, 6.07) is 8.33. The van der Waals surface area contributed by atoms with Crippen molar-refractivity contribution in [3.63, 3.8) is 0 Å². The molecule has 0 saturated carbocycles. The van der Waals surface area contributed by atoms with E-state index in [2.05, 4.69) is 5.32 Å². The Morgan fingerprint density at radius 1 is 1.17 bits per heavy atom. The van der Waals surface area contributed by atoms with Gasteiger partial charge in [-0.1, -0.05) is 43.7 Å². The topological polar surface area (TPSA) is 81.7 Å². The van der Waals surface area contributed by atoms with Gasteiger partial charge in [-0.25, -0.2) is 9.59 Å². The maximum absolute atomic E-state index is 12.3. The predicted molar refractivity (Wildman–Crippen MR) is 89.6 cm³/mol. The summed E-state index contributed by atoms with van der Waals surface area (Å²) in [6.45, 7) is 5.12. The fraction of sp³-hybridized carbons (Fsp3) is 0.500. The van der Waals surface area contributed by atoms with Crippen molar-refractivity contribution in [1.29, 1.82) is 0 Å². The second kappa shape index (κ2) is 10.4. The van der Waals surface area contributed by atoms with E-state index in [1.54, 1.807) is 0 Å². The second-order valence-electron chi connectivity index (χ2n) is 5.57. The molecule has 6 nitrogen and oxygen atoms in total. The zero-order chi connectivity index (χ0) is 17.9. The van der Waals surface area contributed by atoms with Crippen molar-refractivity contribution in [2.45, 2.75) is 52.2 Å². The van der Waals surface area contributed by atoms with Gasteiger partial charge in [0, 0.05) is 6.42 Å². The van der Waals surface area contributed by atoms with E-state index in [0.717, 1.165) is 18.4 Å². The molecule has 1 aromatic carbocycles. The van der Waals surface area contributed by atoms with Gasteiger partial charge in [-0.2, -0.15) is 0 Å². The van der Waals surface area contributed by atoms with Crippen LogP contribution in [0.25, 0.3) is 0 Å². The van der Waals surface area contributed by atoms with Crippen LogP contribution in [-0.2, 0) is 25.5 Å². The SMILES string of the molecule is CCCCOC(=O)NC(Cc1ccccc1)C(=O)OC(C)C(C)=O. The van der Waals surface area contributed by atoms with E-state index < -0.39 is 24.2 Å². The molecule has 1 aromatic rings. The largest absolute Gasteiger partial charge is 0.453 e. The molecule has 0 saturated heterocycles.